The molecule has 3 aromatic rings. The fourth-order valence-corrected chi connectivity index (χ4v) is 4.75. The molecule has 0 spiro atoms. The molecule has 0 bridgehead atoms. The van der Waals surface area contributed by atoms with Crippen LogP contribution in [0.5, 0.6) is 0 Å². The number of para-hydroxylation sites is 1. The molecular weight excluding hydrogens is 467 g/mol. The normalized spacial score (nSPS) is 14.5. The highest BCUT2D eigenvalue weighted by Gasteiger charge is 2.20. The molecule has 0 unspecified atom stereocenters. The Hall–Kier alpha value is -2.13. The number of thioether (sulfide) groups is 1. The average Bonchev–Trinajstić information content (AvgIpc) is 3.21. The zero-order valence-electron chi connectivity index (χ0n) is 17.7. The second kappa shape index (κ2) is 10.7. The van der Waals surface area contributed by atoms with Crippen LogP contribution in [0.25, 0.3) is 5.69 Å². The van der Waals surface area contributed by atoms with Crippen molar-refractivity contribution in [2.45, 2.75) is 37.9 Å². The summed E-state index contributed by atoms with van der Waals surface area (Å²) in [6, 6.07) is 9.99. The summed E-state index contributed by atoms with van der Waals surface area (Å²) in [6.07, 6.45) is 5.18. The van der Waals surface area contributed by atoms with E-state index in [1.807, 2.05) is 34.9 Å². The van der Waals surface area contributed by atoms with Gasteiger partial charge in [-0.3, -0.25) is 14.3 Å². The third-order valence-electron chi connectivity index (χ3n) is 5.32. The van der Waals surface area contributed by atoms with Gasteiger partial charge < -0.3 is 5.32 Å². The van der Waals surface area contributed by atoms with Gasteiger partial charge in [-0.2, -0.15) is 0 Å². The molecule has 3 heterocycles. The zero-order chi connectivity index (χ0) is 22.5. The van der Waals surface area contributed by atoms with Gasteiger partial charge in [0.2, 0.25) is 5.91 Å². The first-order valence-electron chi connectivity index (χ1n) is 10.5. The molecule has 1 aliphatic rings. The molecule has 0 atom stereocenters. The van der Waals surface area contributed by atoms with Crippen molar-refractivity contribution in [1.29, 1.82) is 0 Å². The highest BCUT2D eigenvalue weighted by atomic mass is 35.5. The molecule has 1 saturated heterocycles. The van der Waals surface area contributed by atoms with E-state index in [-0.39, 0.29) is 11.7 Å². The highest BCUT2D eigenvalue weighted by Crippen LogP contribution is 2.29. The van der Waals surface area contributed by atoms with Gasteiger partial charge in [-0.05, 0) is 50.6 Å². The average molecular weight is 491 g/mol. The maximum Gasteiger partial charge on any atom is 0.236 e. The number of carbonyl (C=O) groups is 1. The number of carbonyl (C=O) groups excluding carboxylic acids is 1. The summed E-state index contributed by atoms with van der Waals surface area (Å²) in [4.78, 5) is 19.1. The van der Waals surface area contributed by atoms with E-state index in [0.717, 1.165) is 31.1 Å². The summed E-state index contributed by atoms with van der Waals surface area (Å²) in [5.74, 6) is 1.09. The molecule has 10 heteroatoms. The number of piperidine rings is 1. The summed E-state index contributed by atoms with van der Waals surface area (Å²) in [7, 11) is 0. The van der Waals surface area contributed by atoms with Crippen LogP contribution in [-0.4, -0.2) is 49.4 Å². The standard InChI is InChI=1S/C22H24Cl2N6OS/c1-15-17(23)12-25-21(20(15)24)26-19(31)14-32-22-28-27-18(13-29-10-6-3-7-11-29)30(22)16-8-4-2-5-9-16/h2,4-5,8-9,12H,3,6-7,10-11,13-14H2,1H3,(H,25,26,31). The van der Waals surface area contributed by atoms with E-state index in [4.69, 9.17) is 23.2 Å². The third kappa shape index (κ3) is 5.43. The Morgan fingerprint density at radius 2 is 1.88 bits per heavy atom. The summed E-state index contributed by atoms with van der Waals surface area (Å²) in [5.41, 5.74) is 1.66. The van der Waals surface area contributed by atoms with Gasteiger partial charge in [0.05, 0.1) is 22.3 Å². The number of likely N-dealkylation sites (tertiary alicyclic amines) is 1. The number of hydrogen-bond acceptors (Lipinski definition) is 6. The number of amides is 1. The molecule has 0 aliphatic carbocycles. The van der Waals surface area contributed by atoms with Gasteiger partial charge in [-0.15, -0.1) is 10.2 Å². The van der Waals surface area contributed by atoms with Crippen LogP contribution in [0.4, 0.5) is 5.82 Å². The molecule has 1 fully saturated rings. The maximum atomic E-state index is 12.6. The van der Waals surface area contributed by atoms with Crippen LogP contribution in [0.15, 0.2) is 41.7 Å². The predicted octanol–water partition coefficient (Wildman–Crippen LogP) is 4.99. The molecule has 4 rings (SSSR count). The molecule has 1 N–H and O–H groups in total. The van der Waals surface area contributed by atoms with E-state index in [1.54, 1.807) is 6.92 Å². The van der Waals surface area contributed by atoms with Crippen LogP contribution in [0.3, 0.4) is 0 Å². The topological polar surface area (TPSA) is 75.9 Å². The number of hydrogen-bond donors (Lipinski definition) is 1. The van der Waals surface area contributed by atoms with E-state index in [0.29, 0.717) is 26.6 Å². The zero-order valence-corrected chi connectivity index (χ0v) is 20.1. The van der Waals surface area contributed by atoms with Crippen molar-refractivity contribution in [3.63, 3.8) is 0 Å². The van der Waals surface area contributed by atoms with Crippen molar-refractivity contribution < 1.29 is 4.79 Å². The second-order valence-corrected chi connectivity index (χ2v) is 9.36. The quantitative estimate of drug-likeness (QED) is 0.469. The first-order chi connectivity index (χ1) is 15.5. The first kappa shape index (κ1) is 23.0. The van der Waals surface area contributed by atoms with Crippen LogP contribution in [0.2, 0.25) is 10.0 Å². The summed E-state index contributed by atoms with van der Waals surface area (Å²) >= 11 is 13.6. The van der Waals surface area contributed by atoms with E-state index >= 15 is 0 Å². The van der Waals surface area contributed by atoms with E-state index in [2.05, 4.69) is 25.4 Å². The van der Waals surface area contributed by atoms with E-state index < -0.39 is 0 Å². The Balaban J connectivity index is 1.49. The summed E-state index contributed by atoms with van der Waals surface area (Å²) in [5, 5.41) is 13.1. The fourth-order valence-electron chi connectivity index (χ4n) is 3.59. The minimum Gasteiger partial charge on any atom is -0.309 e. The van der Waals surface area contributed by atoms with Crippen LogP contribution in [-0.2, 0) is 11.3 Å². The molecule has 7 nitrogen and oxygen atoms in total. The van der Waals surface area contributed by atoms with Gasteiger partial charge in [0, 0.05) is 11.9 Å². The maximum absolute atomic E-state index is 12.6. The van der Waals surface area contributed by atoms with Gasteiger partial charge in [-0.1, -0.05) is 59.6 Å². The van der Waals surface area contributed by atoms with Crippen LogP contribution < -0.4 is 5.32 Å². The predicted molar refractivity (Wildman–Crippen MR) is 129 cm³/mol. The smallest absolute Gasteiger partial charge is 0.236 e. The molecule has 0 radical (unpaired) electrons. The lowest BCUT2D eigenvalue weighted by atomic mass is 10.1. The van der Waals surface area contributed by atoms with Crippen LogP contribution >= 0.6 is 35.0 Å². The fraction of sp³-hybridized carbons (Fsp3) is 0.364. The number of nitrogens with zero attached hydrogens (tertiary/aromatic N) is 5. The van der Waals surface area contributed by atoms with Gasteiger partial charge in [0.25, 0.3) is 0 Å². The molecule has 2 aromatic heterocycles. The molecule has 168 valence electrons. The first-order valence-corrected chi connectivity index (χ1v) is 12.2. The van der Waals surface area contributed by atoms with Crippen molar-refractivity contribution in [3.05, 3.63) is 58.0 Å². The monoisotopic (exact) mass is 490 g/mol. The van der Waals surface area contributed by atoms with Crippen LogP contribution in [0.1, 0.15) is 30.7 Å². The number of benzene rings is 1. The Morgan fingerprint density at radius 1 is 1.12 bits per heavy atom. The van der Waals surface area contributed by atoms with Crippen molar-refractivity contribution in [1.82, 2.24) is 24.6 Å². The lowest BCUT2D eigenvalue weighted by Crippen LogP contribution is -2.30. The minimum atomic E-state index is -0.230. The molecule has 1 amide bonds. The Morgan fingerprint density at radius 3 is 2.62 bits per heavy atom. The van der Waals surface area contributed by atoms with Crippen molar-refractivity contribution >= 4 is 46.7 Å². The number of pyridine rings is 1. The van der Waals surface area contributed by atoms with Crippen molar-refractivity contribution in [2.75, 3.05) is 24.2 Å². The van der Waals surface area contributed by atoms with Gasteiger partial charge in [-0.25, -0.2) is 4.98 Å². The Kier molecular flexibility index (Phi) is 7.67. The number of nitrogens with one attached hydrogen (secondary N) is 1. The Labute approximate surface area is 201 Å². The van der Waals surface area contributed by atoms with Crippen LogP contribution in [0, 0.1) is 6.92 Å². The van der Waals surface area contributed by atoms with Gasteiger partial charge in [0.1, 0.15) is 0 Å². The summed E-state index contributed by atoms with van der Waals surface area (Å²) in [6.45, 7) is 4.66. The van der Waals surface area contributed by atoms with E-state index in [9.17, 15) is 4.79 Å². The van der Waals surface area contributed by atoms with Crippen molar-refractivity contribution in [3.8, 4) is 5.69 Å². The molecule has 1 aromatic carbocycles. The number of anilines is 1. The molecular formula is C22H24Cl2N6OS. The number of rotatable bonds is 7. The molecule has 32 heavy (non-hydrogen) atoms. The van der Waals surface area contributed by atoms with Gasteiger partial charge in [0.15, 0.2) is 16.8 Å². The SMILES string of the molecule is Cc1c(Cl)cnc(NC(=O)CSc2nnc(CN3CCCCC3)n2-c2ccccc2)c1Cl. The number of aromatic nitrogens is 4. The molecule has 0 saturated carbocycles. The highest BCUT2D eigenvalue weighted by molar-refractivity contribution is 7.99. The minimum absolute atomic E-state index is 0.147. The lowest BCUT2D eigenvalue weighted by Gasteiger charge is -2.26. The second-order valence-electron chi connectivity index (χ2n) is 7.64. The number of halogens is 2. The largest absolute Gasteiger partial charge is 0.309 e. The third-order valence-corrected chi connectivity index (χ3v) is 7.09. The lowest BCUT2D eigenvalue weighted by molar-refractivity contribution is -0.113. The molecule has 1 aliphatic heterocycles. The van der Waals surface area contributed by atoms with Crippen molar-refractivity contribution in [2.24, 2.45) is 0 Å². The van der Waals surface area contributed by atoms with Gasteiger partial charge >= 0.3 is 0 Å². The summed E-state index contributed by atoms with van der Waals surface area (Å²) < 4.78 is 2.03. The van der Waals surface area contributed by atoms with E-state index in [1.165, 1.54) is 37.2 Å². The Bertz CT molecular complexity index is 1090.